The Kier molecular flexibility index (Phi) is 7.24. The van der Waals surface area contributed by atoms with Crippen LogP contribution in [0.1, 0.15) is 34.6 Å². The van der Waals surface area contributed by atoms with E-state index in [0.717, 1.165) is 0 Å². The summed E-state index contributed by atoms with van der Waals surface area (Å²) in [5.41, 5.74) is 7.00. The van der Waals surface area contributed by atoms with E-state index in [9.17, 15) is 9.59 Å². The third-order valence-electron chi connectivity index (χ3n) is 2.31. The molecule has 0 radical (unpaired) electrons. The van der Waals surface area contributed by atoms with E-state index in [1.807, 2.05) is 67.8 Å². The molecule has 0 saturated carbocycles. The van der Waals surface area contributed by atoms with Crippen LogP contribution in [0.25, 0.3) is 0 Å². The van der Waals surface area contributed by atoms with Crippen LogP contribution in [0.4, 0.5) is 5.69 Å². The highest BCUT2D eigenvalue weighted by Gasteiger charge is 2.28. The third-order valence-corrected chi connectivity index (χ3v) is 5.63. The summed E-state index contributed by atoms with van der Waals surface area (Å²) < 4.78 is 11.7. The van der Waals surface area contributed by atoms with E-state index in [4.69, 9.17) is 15.2 Å². The molecule has 0 aliphatic heterocycles. The molecule has 20 heavy (non-hydrogen) atoms. The zero-order valence-corrected chi connectivity index (χ0v) is 17.2. The van der Waals surface area contributed by atoms with Gasteiger partial charge in [-0.1, -0.05) is 0 Å². The number of esters is 2. The molecule has 1 rings (SSSR count). The molecule has 1 aromatic rings. The number of hydrogen-bond acceptors (Lipinski definition) is 5. The monoisotopic (exact) mass is 615 g/mol. The Bertz CT molecular complexity index is 515. The van der Waals surface area contributed by atoms with Crippen LogP contribution in [0.15, 0.2) is 0 Å². The summed E-state index contributed by atoms with van der Waals surface area (Å²) in [5, 5.41) is 0. The van der Waals surface area contributed by atoms with Gasteiger partial charge in [-0.3, -0.25) is 0 Å². The maximum atomic E-state index is 12.0. The molecule has 0 saturated heterocycles. The van der Waals surface area contributed by atoms with E-state index in [1.165, 1.54) is 0 Å². The summed E-state index contributed by atoms with van der Waals surface area (Å²) in [6.45, 7) is 3.96. The quantitative estimate of drug-likeness (QED) is 0.320. The minimum Gasteiger partial charge on any atom is -0.462 e. The number of rotatable bonds is 4. The van der Waals surface area contributed by atoms with Crippen molar-refractivity contribution in [1.29, 1.82) is 0 Å². The zero-order valence-electron chi connectivity index (χ0n) is 10.8. The lowest BCUT2D eigenvalue weighted by atomic mass is 10.1. The minimum atomic E-state index is -0.491. The van der Waals surface area contributed by atoms with Gasteiger partial charge in [-0.2, -0.15) is 0 Å². The van der Waals surface area contributed by atoms with E-state index in [1.54, 1.807) is 13.8 Å². The number of benzene rings is 1. The summed E-state index contributed by atoms with van der Waals surface area (Å²) in [6, 6.07) is 0. The van der Waals surface area contributed by atoms with Crippen LogP contribution in [-0.2, 0) is 9.47 Å². The molecule has 8 heteroatoms. The Morgan fingerprint density at radius 1 is 0.900 bits per heavy atom. The summed E-state index contributed by atoms with van der Waals surface area (Å²) in [7, 11) is 0. The van der Waals surface area contributed by atoms with E-state index in [-0.39, 0.29) is 13.2 Å². The molecule has 0 aromatic heterocycles. The van der Waals surface area contributed by atoms with Crippen molar-refractivity contribution in [3.8, 4) is 0 Å². The van der Waals surface area contributed by atoms with Crippen molar-refractivity contribution in [2.45, 2.75) is 13.8 Å². The molecular weight excluding hydrogens is 603 g/mol. The summed E-state index contributed by atoms with van der Waals surface area (Å²) >= 11 is 5.92. The molecule has 110 valence electrons. The smallest absolute Gasteiger partial charge is 0.340 e. The van der Waals surface area contributed by atoms with Gasteiger partial charge in [0.1, 0.15) is 0 Å². The first-order chi connectivity index (χ1) is 9.36. The van der Waals surface area contributed by atoms with Crippen molar-refractivity contribution in [1.82, 2.24) is 0 Å². The Hall–Kier alpha value is 0.150. The zero-order chi connectivity index (χ0) is 15.4. The van der Waals surface area contributed by atoms with Gasteiger partial charge in [0, 0.05) is 3.57 Å². The number of nitrogens with two attached hydrogens (primary N) is 1. The fourth-order valence-corrected chi connectivity index (χ4v) is 5.50. The second-order valence-corrected chi connectivity index (χ2v) is 6.78. The van der Waals surface area contributed by atoms with Crippen molar-refractivity contribution in [3.05, 3.63) is 21.8 Å². The van der Waals surface area contributed by atoms with Crippen LogP contribution < -0.4 is 5.73 Å². The lowest BCUT2D eigenvalue weighted by Gasteiger charge is -2.15. The number of hydrogen-bond donors (Lipinski definition) is 1. The highest BCUT2D eigenvalue weighted by atomic mass is 127. The molecule has 1 aromatic carbocycles. The first-order valence-electron chi connectivity index (χ1n) is 5.66. The fraction of sp³-hybridized carbons (Fsp3) is 0.333. The predicted molar refractivity (Wildman–Crippen MR) is 101 cm³/mol. The third kappa shape index (κ3) is 3.67. The second-order valence-electron chi connectivity index (χ2n) is 3.55. The molecule has 0 bridgehead atoms. The van der Waals surface area contributed by atoms with Crippen molar-refractivity contribution in [2.24, 2.45) is 0 Å². The number of ether oxygens (including phenoxy) is 2. The van der Waals surface area contributed by atoms with Crippen LogP contribution in [0.5, 0.6) is 0 Å². The maximum Gasteiger partial charge on any atom is 0.340 e. The van der Waals surface area contributed by atoms with Crippen LogP contribution in [-0.4, -0.2) is 25.2 Å². The summed E-state index contributed by atoms with van der Waals surface area (Å²) in [6.07, 6.45) is 0. The van der Waals surface area contributed by atoms with E-state index < -0.39 is 11.9 Å². The van der Waals surface area contributed by atoms with Crippen molar-refractivity contribution >= 4 is 85.4 Å². The number of anilines is 1. The highest BCUT2D eigenvalue weighted by molar-refractivity contribution is 14.1. The Labute approximate surface area is 157 Å². The van der Waals surface area contributed by atoms with Crippen molar-refractivity contribution < 1.29 is 19.1 Å². The molecular formula is C12H12I3NO4. The second kappa shape index (κ2) is 7.96. The van der Waals surface area contributed by atoms with Gasteiger partial charge in [0.25, 0.3) is 0 Å². The first-order valence-corrected chi connectivity index (χ1v) is 8.90. The van der Waals surface area contributed by atoms with E-state index in [0.29, 0.717) is 27.5 Å². The Balaban J connectivity index is 3.54. The Morgan fingerprint density at radius 3 is 1.55 bits per heavy atom. The molecule has 0 unspecified atom stereocenters. The number of carbonyl (C=O) groups excluding carboxylic acids is 2. The summed E-state index contributed by atoms with van der Waals surface area (Å²) in [5.74, 6) is -0.982. The van der Waals surface area contributed by atoms with Gasteiger partial charge in [-0.25, -0.2) is 9.59 Å². The van der Waals surface area contributed by atoms with Crippen LogP contribution in [0, 0.1) is 10.7 Å². The first kappa shape index (κ1) is 18.2. The van der Waals surface area contributed by atoms with Gasteiger partial charge in [0.15, 0.2) is 0 Å². The lowest BCUT2D eigenvalue weighted by Crippen LogP contribution is -2.18. The molecule has 0 fully saturated rings. The van der Waals surface area contributed by atoms with Gasteiger partial charge in [0.2, 0.25) is 0 Å². The highest BCUT2D eigenvalue weighted by Crippen LogP contribution is 2.34. The molecule has 5 nitrogen and oxygen atoms in total. The molecule has 0 atom stereocenters. The van der Waals surface area contributed by atoms with Crippen LogP contribution in [0.2, 0.25) is 0 Å². The van der Waals surface area contributed by atoms with Crippen LogP contribution >= 0.6 is 67.8 Å². The topological polar surface area (TPSA) is 78.6 Å². The average Bonchev–Trinajstić information content (AvgIpc) is 2.37. The van der Waals surface area contributed by atoms with Gasteiger partial charge in [-0.05, 0) is 81.6 Å². The molecule has 0 heterocycles. The van der Waals surface area contributed by atoms with Gasteiger partial charge >= 0.3 is 11.9 Å². The predicted octanol–water partition coefficient (Wildman–Crippen LogP) is 3.44. The van der Waals surface area contributed by atoms with Crippen molar-refractivity contribution in [2.75, 3.05) is 18.9 Å². The molecule has 0 spiro atoms. The molecule has 0 amide bonds. The lowest BCUT2D eigenvalue weighted by molar-refractivity contribution is 0.0521. The average molecular weight is 615 g/mol. The SMILES string of the molecule is CCOC(=O)c1c(I)c(N)c(I)c(C(=O)OCC)c1I. The number of halogens is 3. The van der Waals surface area contributed by atoms with Crippen molar-refractivity contribution in [3.63, 3.8) is 0 Å². The normalized spacial score (nSPS) is 10.2. The maximum absolute atomic E-state index is 12.0. The minimum absolute atomic E-state index is 0.256. The van der Waals surface area contributed by atoms with Gasteiger partial charge in [0.05, 0.1) is 37.2 Å². The summed E-state index contributed by atoms with van der Waals surface area (Å²) in [4.78, 5) is 24.1. The number of nitrogen functional groups attached to an aromatic ring is 1. The van der Waals surface area contributed by atoms with E-state index >= 15 is 0 Å². The van der Waals surface area contributed by atoms with Gasteiger partial charge in [-0.15, -0.1) is 0 Å². The molecule has 0 aliphatic carbocycles. The number of carbonyl (C=O) groups is 2. The van der Waals surface area contributed by atoms with Crippen LogP contribution in [0.3, 0.4) is 0 Å². The Morgan fingerprint density at radius 2 is 1.25 bits per heavy atom. The largest absolute Gasteiger partial charge is 0.462 e. The standard InChI is InChI=1S/C12H12I3NO4/c1-3-19-11(17)5-7(13)6(12(18)20-4-2)9(15)10(16)8(5)14/h3-4,16H2,1-2H3. The van der Waals surface area contributed by atoms with Gasteiger partial charge < -0.3 is 15.2 Å². The molecule has 0 aliphatic rings. The van der Waals surface area contributed by atoms with E-state index in [2.05, 4.69) is 0 Å². The fourth-order valence-electron chi connectivity index (χ4n) is 1.45. The molecule has 2 N–H and O–H groups in total.